The number of aliphatic carboxylic acids is 1. The molecule has 0 bridgehead atoms. The third kappa shape index (κ3) is 2.47. The molecule has 3 rings (SSSR count). The molecule has 1 aliphatic carbocycles. The average molecular weight is 292 g/mol. The summed E-state index contributed by atoms with van der Waals surface area (Å²) in [4.78, 5) is 13.1. The molecule has 1 saturated heterocycles. The maximum Gasteiger partial charge on any atom is 0.314 e. The number of benzene rings is 1. The van der Waals surface area contributed by atoms with E-state index in [0.29, 0.717) is 5.25 Å². The Morgan fingerprint density at radius 3 is 2.50 bits per heavy atom. The van der Waals surface area contributed by atoms with Crippen LogP contribution in [0.3, 0.4) is 0 Å². The highest BCUT2D eigenvalue weighted by Gasteiger charge is 2.43. The lowest BCUT2D eigenvalue weighted by Gasteiger charge is -2.36. The van der Waals surface area contributed by atoms with E-state index < -0.39 is 11.4 Å². The number of hydrogen-bond donors (Lipinski definition) is 1. The maximum atomic E-state index is 12.0. The first-order valence-corrected chi connectivity index (χ1v) is 8.18. The van der Waals surface area contributed by atoms with Gasteiger partial charge < -0.3 is 9.84 Å². The molecular formula is C16H20O3S. The molecule has 0 amide bonds. The predicted molar refractivity (Wildman–Crippen MR) is 79.3 cm³/mol. The second-order valence-electron chi connectivity index (χ2n) is 5.72. The zero-order valence-electron chi connectivity index (χ0n) is 11.5. The first-order valence-electron chi connectivity index (χ1n) is 7.30. The summed E-state index contributed by atoms with van der Waals surface area (Å²) in [5.74, 6) is -0.657. The van der Waals surface area contributed by atoms with Gasteiger partial charge in [0.05, 0.1) is 23.9 Å². The quantitative estimate of drug-likeness (QED) is 0.923. The standard InChI is InChI=1S/C16H20O3S/c17-15(18)16(8-4-1-5-9-16)13-6-2-3-7-14(13)20-12-10-19-11-12/h2-3,6-7,12H,1,4-5,8-11H2,(H,17,18). The van der Waals surface area contributed by atoms with Crippen LogP contribution in [-0.4, -0.2) is 29.5 Å². The molecule has 1 saturated carbocycles. The van der Waals surface area contributed by atoms with Gasteiger partial charge in [-0.3, -0.25) is 4.79 Å². The summed E-state index contributed by atoms with van der Waals surface area (Å²) >= 11 is 1.78. The van der Waals surface area contributed by atoms with Gasteiger partial charge in [0.25, 0.3) is 0 Å². The highest BCUT2D eigenvalue weighted by atomic mass is 32.2. The van der Waals surface area contributed by atoms with Crippen LogP contribution in [0.2, 0.25) is 0 Å². The highest BCUT2D eigenvalue weighted by Crippen LogP contribution is 2.44. The summed E-state index contributed by atoms with van der Waals surface area (Å²) < 4.78 is 5.23. The van der Waals surface area contributed by atoms with E-state index in [2.05, 4.69) is 6.07 Å². The first-order chi connectivity index (χ1) is 9.72. The van der Waals surface area contributed by atoms with Crippen LogP contribution in [0.1, 0.15) is 37.7 Å². The average Bonchev–Trinajstić information content (AvgIpc) is 2.44. The molecule has 20 heavy (non-hydrogen) atoms. The van der Waals surface area contributed by atoms with Gasteiger partial charge in [-0.05, 0) is 24.5 Å². The SMILES string of the molecule is O=C(O)C1(c2ccccc2SC2COC2)CCCCC1. The minimum Gasteiger partial charge on any atom is -0.481 e. The molecule has 0 radical (unpaired) electrons. The van der Waals surface area contributed by atoms with Gasteiger partial charge in [-0.15, -0.1) is 11.8 Å². The van der Waals surface area contributed by atoms with Gasteiger partial charge in [-0.25, -0.2) is 0 Å². The summed E-state index contributed by atoms with van der Waals surface area (Å²) in [7, 11) is 0. The monoisotopic (exact) mass is 292 g/mol. The van der Waals surface area contributed by atoms with Gasteiger partial charge in [0.2, 0.25) is 0 Å². The minimum absolute atomic E-state index is 0.477. The molecule has 0 unspecified atom stereocenters. The normalized spacial score (nSPS) is 22.2. The van der Waals surface area contributed by atoms with E-state index in [0.717, 1.165) is 55.8 Å². The fourth-order valence-corrected chi connectivity index (χ4v) is 4.42. The minimum atomic E-state index is -0.674. The van der Waals surface area contributed by atoms with Crippen molar-refractivity contribution < 1.29 is 14.6 Å². The molecule has 1 aliphatic heterocycles. The number of thioether (sulfide) groups is 1. The van der Waals surface area contributed by atoms with Crippen molar-refractivity contribution in [3.8, 4) is 0 Å². The lowest BCUT2D eigenvalue weighted by atomic mass is 9.69. The van der Waals surface area contributed by atoms with Gasteiger partial charge >= 0.3 is 5.97 Å². The molecule has 4 heteroatoms. The van der Waals surface area contributed by atoms with Crippen molar-refractivity contribution in [1.82, 2.24) is 0 Å². The van der Waals surface area contributed by atoms with E-state index >= 15 is 0 Å². The topological polar surface area (TPSA) is 46.5 Å². The Labute approximate surface area is 123 Å². The lowest BCUT2D eigenvalue weighted by Crippen LogP contribution is -2.38. The van der Waals surface area contributed by atoms with Crippen molar-refractivity contribution in [1.29, 1.82) is 0 Å². The van der Waals surface area contributed by atoms with E-state index in [1.54, 1.807) is 11.8 Å². The molecular weight excluding hydrogens is 272 g/mol. The Morgan fingerprint density at radius 1 is 1.20 bits per heavy atom. The number of rotatable bonds is 4. The second kappa shape index (κ2) is 5.78. The molecule has 108 valence electrons. The Morgan fingerprint density at radius 2 is 1.90 bits per heavy atom. The molecule has 1 aromatic rings. The van der Waals surface area contributed by atoms with Crippen LogP contribution in [0.15, 0.2) is 29.2 Å². The molecule has 0 aromatic heterocycles. The fourth-order valence-electron chi connectivity index (χ4n) is 3.18. The van der Waals surface area contributed by atoms with E-state index in [4.69, 9.17) is 4.74 Å². The number of carbonyl (C=O) groups is 1. The van der Waals surface area contributed by atoms with Gasteiger partial charge in [0.1, 0.15) is 0 Å². The number of carboxylic acid groups (broad SMARTS) is 1. The van der Waals surface area contributed by atoms with Crippen LogP contribution in [0.4, 0.5) is 0 Å². The largest absolute Gasteiger partial charge is 0.481 e. The summed E-state index contributed by atoms with van der Waals surface area (Å²) in [5.41, 5.74) is 0.344. The summed E-state index contributed by atoms with van der Waals surface area (Å²) in [6, 6.07) is 8.05. The third-order valence-corrected chi connectivity index (χ3v) is 5.64. The third-order valence-electron chi connectivity index (χ3n) is 4.42. The summed E-state index contributed by atoms with van der Waals surface area (Å²) in [6.45, 7) is 1.55. The van der Waals surface area contributed by atoms with Crippen molar-refractivity contribution in [2.75, 3.05) is 13.2 Å². The smallest absolute Gasteiger partial charge is 0.314 e. The van der Waals surface area contributed by atoms with Crippen molar-refractivity contribution in [3.05, 3.63) is 29.8 Å². The Hall–Kier alpha value is -1.00. The van der Waals surface area contributed by atoms with Gasteiger partial charge in [0.15, 0.2) is 0 Å². The zero-order chi connectivity index (χ0) is 14.0. The fraction of sp³-hybridized carbons (Fsp3) is 0.562. The molecule has 3 nitrogen and oxygen atoms in total. The maximum absolute atomic E-state index is 12.0. The molecule has 0 atom stereocenters. The van der Waals surface area contributed by atoms with Crippen LogP contribution in [0, 0.1) is 0 Å². The summed E-state index contributed by atoms with van der Waals surface area (Å²) in [5, 5.41) is 10.3. The predicted octanol–water partition coefficient (Wildman–Crippen LogP) is 3.46. The molecule has 1 heterocycles. The van der Waals surface area contributed by atoms with Crippen molar-refractivity contribution in [2.45, 2.75) is 47.7 Å². The van der Waals surface area contributed by atoms with Crippen LogP contribution in [0.25, 0.3) is 0 Å². The Bertz CT molecular complexity index is 490. The van der Waals surface area contributed by atoms with E-state index in [9.17, 15) is 9.90 Å². The Kier molecular flexibility index (Phi) is 4.03. The molecule has 0 spiro atoms. The van der Waals surface area contributed by atoms with Crippen molar-refractivity contribution in [3.63, 3.8) is 0 Å². The summed E-state index contributed by atoms with van der Waals surface area (Å²) in [6.07, 6.45) is 4.71. The van der Waals surface area contributed by atoms with Gasteiger partial charge in [0, 0.05) is 4.90 Å². The van der Waals surface area contributed by atoms with E-state index in [-0.39, 0.29) is 0 Å². The molecule has 2 fully saturated rings. The first kappa shape index (κ1) is 14.0. The van der Waals surface area contributed by atoms with Crippen LogP contribution < -0.4 is 0 Å². The number of carboxylic acids is 1. The lowest BCUT2D eigenvalue weighted by molar-refractivity contribution is -0.145. The zero-order valence-corrected chi connectivity index (χ0v) is 12.3. The van der Waals surface area contributed by atoms with Crippen LogP contribution in [0.5, 0.6) is 0 Å². The van der Waals surface area contributed by atoms with Crippen molar-refractivity contribution in [2.24, 2.45) is 0 Å². The molecule has 1 N–H and O–H groups in total. The van der Waals surface area contributed by atoms with E-state index in [1.165, 1.54) is 0 Å². The number of ether oxygens (including phenoxy) is 1. The van der Waals surface area contributed by atoms with Gasteiger partial charge in [-0.1, -0.05) is 37.5 Å². The Balaban J connectivity index is 1.95. The van der Waals surface area contributed by atoms with Crippen LogP contribution in [-0.2, 0) is 14.9 Å². The van der Waals surface area contributed by atoms with Crippen molar-refractivity contribution >= 4 is 17.7 Å². The van der Waals surface area contributed by atoms with E-state index in [1.807, 2.05) is 18.2 Å². The second-order valence-corrected chi connectivity index (χ2v) is 7.06. The molecule has 2 aliphatic rings. The van der Waals surface area contributed by atoms with Crippen LogP contribution >= 0.6 is 11.8 Å². The molecule has 1 aromatic carbocycles. The highest BCUT2D eigenvalue weighted by molar-refractivity contribution is 8.00. The number of hydrogen-bond acceptors (Lipinski definition) is 3. The van der Waals surface area contributed by atoms with Gasteiger partial charge in [-0.2, -0.15) is 0 Å².